The Balaban J connectivity index is 3.40. The van der Waals surface area contributed by atoms with E-state index in [1.54, 1.807) is 0 Å². The molecule has 0 spiro atoms. The van der Waals surface area contributed by atoms with Crippen molar-refractivity contribution in [3.05, 3.63) is 0 Å². The highest BCUT2D eigenvalue weighted by Gasteiger charge is 1.55. The third-order valence-corrected chi connectivity index (χ3v) is 0.369. The predicted molar refractivity (Wildman–Crippen MR) is 29.6 cm³/mol. The van der Waals surface area contributed by atoms with Crippen LogP contribution < -0.4 is 0 Å². The fourth-order valence-electron chi connectivity index (χ4n) is 0.153. The van der Waals surface area contributed by atoms with Gasteiger partial charge in [0.15, 0.2) is 0 Å². The van der Waals surface area contributed by atoms with E-state index in [4.69, 9.17) is 0 Å². The first-order chi connectivity index (χ1) is 3.91. The van der Waals surface area contributed by atoms with Gasteiger partial charge in [-0.1, -0.05) is 0 Å². The summed E-state index contributed by atoms with van der Waals surface area (Å²) in [6.45, 7) is 0. The molecule has 0 radical (unpaired) electrons. The Hall–Kier alpha value is -1.28. The van der Waals surface area contributed by atoms with E-state index in [2.05, 4.69) is 33.5 Å². The quantitative estimate of drug-likeness (QED) is 0.415. The summed E-state index contributed by atoms with van der Waals surface area (Å²) in [4.78, 5) is 0. The summed E-state index contributed by atoms with van der Waals surface area (Å²) >= 11 is 0. The van der Waals surface area contributed by atoms with E-state index in [0.717, 1.165) is 0 Å². The van der Waals surface area contributed by atoms with Gasteiger partial charge < -0.3 is 9.47 Å². The highest BCUT2D eigenvalue weighted by Crippen LogP contribution is 1.56. The van der Waals surface area contributed by atoms with E-state index in [1.165, 1.54) is 14.2 Å². The zero-order chi connectivity index (χ0) is 6.24. The van der Waals surface area contributed by atoms with Crippen molar-refractivity contribution in [2.24, 2.45) is 0 Å². The summed E-state index contributed by atoms with van der Waals surface area (Å²) in [6, 6.07) is 0. The first kappa shape index (κ1) is 6.72. The zero-order valence-electron chi connectivity index (χ0n) is 4.82. The monoisotopic (exact) mass is 110 g/mol. The average Bonchev–Trinajstić information content (AvgIpc) is 1.81. The molecule has 0 aromatic heterocycles. The van der Waals surface area contributed by atoms with Crippen molar-refractivity contribution >= 4 is 0 Å². The van der Waals surface area contributed by atoms with Crippen LogP contribution in [0.3, 0.4) is 0 Å². The molecule has 0 bridgehead atoms. The number of hydrogen-bond donors (Lipinski definition) is 0. The average molecular weight is 110 g/mol. The van der Waals surface area contributed by atoms with Crippen molar-refractivity contribution in [2.75, 3.05) is 14.2 Å². The summed E-state index contributed by atoms with van der Waals surface area (Å²) in [5.41, 5.74) is 0. The van der Waals surface area contributed by atoms with Gasteiger partial charge in [-0.25, -0.2) is 0 Å². The van der Waals surface area contributed by atoms with Crippen LogP contribution in [0.15, 0.2) is 0 Å². The minimum atomic E-state index is 1.47. The Morgan fingerprint density at radius 2 is 1.25 bits per heavy atom. The molecule has 0 heterocycles. The van der Waals surface area contributed by atoms with Crippen molar-refractivity contribution < 1.29 is 9.47 Å². The minimum absolute atomic E-state index is 1.47. The van der Waals surface area contributed by atoms with Crippen molar-refractivity contribution in [2.45, 2.75) is 0 Å². The topological polar surface area (TPSA) is 18.5 Å². The molecule has 0 fully saturated rings. The van der Waals surface area contributed by atoms with Crippen molar-refractivity contribution in [3.8, 4) is 24.1 Å². The molecule has 8 heavy (non-hydrogen) atoms. The molecule has 0 aliphatic rings. The Morgan fingerprint density at radius 1 is 0.875 bits per heavy atom. The molecule has 0 saturated carbocycles. The fourth-order valence-corrected chi connectivity index (χ4v) is 0.153. The Morgan fingerprint density at radius 3 is 1.50 bits per heavy atom. The number of hydrogen-bond acceptors (Lipinski definition) is 2. The maximum atomic E-state index is 4.37. The molecular weight excluding hydrogens is 104 g/mol. The number of ether oxygens (including phenoxy) is 2. The van der Waals surface area contributed by atoms with Crippen LogP contribution in [-0.4, -0.2) is 14.2 Å². The molecule has 0 N–H and O–H groups in total. The third kappa shape index (κ3) is 4.72. The first-order valence-electron chi connectivity index (χ1n) is 1.97. The smallest absolute Gasteiger partial charge is 0.124 e. The lowest BCUT2D eigenvalue weighted by atomic mass is 10.7. The fraction of sp³-hybridized carbons (Fsp3) is 0.333. The van der Waals surface area contributed by atoms with Crippen LogP contribution in [0.5, 0.6) is 0 Å². The predicted octanol–water partition coefficient (Wildman–Crippen LogP) is 0.201. The van der Waals surface area contributed by atoms with Crippen LogP contribution in [0.2, 0.25) is 0 Å². The van der Waals surface area contributed by atoms with Crippen LogP contribution >= 0.6 is 0 Å². The Labute approximate surface area is 48.8 Å². The van der Waals surface area contributed by atoms with Gasteiger partial charge in [0.05, 0.1) is 14.2 Å². The van der Waals surface area contributed by atoms with Gasteiger partial charge in [0, 0.05) is 11.8 Å². The molecule has 0 rings (SSSR count). The molecule has 0 amide bonds. The van der Waals surface area contributed by atoms with Gasteiger partial charge in [-0.3, -0.25) is 0 Å². The van der Waals surface area contributed by atoms with E-state index in [0.29, 0.717) is 0 Å². The molecular formula is C6H6O2. The van der Waals surface area contributed by atoms with Gasteiger partial charge in [-0.15, -0.1) is 0 Å². The lowest BCUT2D eigenvalue weighted by Gasteiger charge is -1.72. The summed E-state index contributed by atoms with van der Waals surface area (Å²) in [5.74, 6) is 4.76. The second-order valence-electron chi connectivity index (χ2n) is 0.862. The standard InChI is InChI=1S/C6H6O2/c1-7-5-3-4-6-8-2/h1-2H3. The van der Waals surface area contributed by atoms with Crippen LogP contribution in [0.4, 0.5) is 0 Å². The van der Waals surface area contributed by atoms with Crippen LogP contribution in [0.25, 0.3) is 0 Å². The lowest BCUT2D eigenvalue weighted by Crippen LogP contribution is -1.64. The van der Waals surface area contributed by atoms with E-state index < -0.39 is 0 Å². The van der Waals surface area contributed by atoms with Crippen LogP contribution in [0, 0.1) is 24.1 Å². The summed E-state index contributed by atoms with van der Waals surface area (Å²) < 4.78 is 8.74. The lowest BCUT2D eigenvalue weighted by molar-refractivity contribution is 0.370. The van der Waals surface area contributed by atoms with Crippen LogP contribution in [-0.2, 0) is 9.47 Å². The maximum Gasteiger partial charge on any atom is 0.124 e. The third-order valence-electron chi connectivity index (χ3n) is 0.369. The van der Waals surface area contributed by atoms with Gasteiger partial charge in [-0.2, -0.15) is 0 Å². The summed E-state index contributed by atoms with van der Waals surface area (Å²) in [5, 5.41) is 0. The van der Waals surface area contributed by atoms with Gasteiger partial charge in [-0.05, 0) is 0 Å². The Kier molecular flexibility index (Phi) is 4.80. The second kappa shape index (κ2) is 5.72. The molecule has 0 aliphatic heterocycles. The molecule has 2 nitrogen and oxygen atoms in total. The highest BCUT2D eigenvalue weighted by atomic mass is 16.5. The SMILES string of the molecule is COC#CC#COC. The first-order valence-corrected chi connectivity index (χ1v) is 1.97. The van der Waals surface area contributed by atoms with Gasteiger partial charge in [0.25, 0.3) is 0 Å². The Bertz CT molecular complexity index is 131. The van der Waals surface area contributed by atoms with Gasteiger partial charge in [0.1, 0.15) is 12.2 Å². The molecule has 0 aromatic carbocycles. The normalized spacial score (nSPS) is 4.75. The van der Waals surface area contributed by atoms with E-state index in [9.17, 15) is 0 Å². The molecule has 0 aromatic rings. The molecule has 2 heteroatoms. The van der Waals surface area contributed by atoms with Crippen molar-refractivity contribution in [1.82, 2.24) is 0 Å². The summed E-state index contributed by atoms with van der Waals surface area (Å²) in [6.07, 6.45) is 4.56. The zero-order valence-corrected chi connectivity index (χ0v) is 4.82. The molecule has 42 valence electrons. The van der Waals surface area contributed by atoms with E-state index in [-0.39, 0.29) is 0 Å². The largest absolute Gasteiger partial charge is 0.449 e. The molecule has 0 atom stereocenters. The second-order valence-corrected chi connectivity index (χ2v) is 0.862. The molecule has 0 aliphatic carbocycles. The van der Waals surface area contributed by atoms with Crippen LogP contribution in [0.1, 0.15) is 0 Å². The van der Waals surface area contributed by atoms with E-state index >= 15 is 0 Å². The maximum absolute atomic E-state index is 4.37. The highest BCUT2D eigenvalue weighted by molar-refractivity contribution is 5.21. The van der Waals surface area contributed by atoms with Gasteiger partial charge in [0.2, 0.25) is 0 Å². The number of rotatable bonds is 0. The molecule has 0 unspecified atom stereocenters. The van der Waals surface area contributed by atoms with E-state index in [1.807, 2.05) is 0 Å². The van der Waals surface area contributed by atoms with Gasteiger partial charge >= 0.3 is 0 Å². The molecule has 0 saturated heterocycles. The number of methoxy groups -OCH3 is 2. The summed E-state index contributed by atoms with van der Waals surface area (Å²) in [7, 11) is 2.95. The van der Waals surface area contributed by atoms with Crippen molar-refractivity contribution in [3.63, 3.8) is 0 Å². The minimum Gasteiger partial charge on any atom is -0.449 e. The van der Waals surface area contributed by atoms with Crippen molar-refractivity contribution in [1.29, 1.82) is 0 Å².